The molecule has 1 aromatic heterocycles. The molecule has 7 heteroatoms. The van der Waals surface area contributed by atoms with Crippen LogP contribution in [0.15, 0.2) is 43.0 Å². The molecule has 25 heavy (non-hydrogen) atoms. The van der Waals surface area contributed by atoms with Crippen molar-refractivity contribution < 1.29 is 9.53 Å². The van der Waals surface area contributed by atoms with Crippen LogP contribution in [0.1, 0.15) is 12.8 Å². The third-order valence-electron chi connectivity index (χ3n) is 4.47. The lowest BCUT2D eigenvalue weighted by Gasteiger charge is -2.34. The molecule has 0 radical (unpaired) electrons. The minimum atomic E-state index is -0.101. The van der Waals surface area contributed by atoms with Crippen molar-refractivity contribution in [1.29, 1.82) is 0 Å². The summed E-state index contributed by atoms with van der Waals surface area (Å²) in [4.78, 5) is 18.3. The standard InChI is InChI=1S/C18H25N5O2/c1-25-17-5-3-2-4-16(17)23-10-6-15(7-11-23)21-18(24)20-9-13-22-12-8-19-14-22/h2-5,8,12,14-15H,6-7,9-11,13H2,1H3,(H2,20,21,24). The molecule has 7 nitrogen and oxygen atoms in total. The Balaban J connectivity index is 1.40. The fourth-order valence-electron chi connectivity index (χ4n) is 3.11. The fraction of sp³-hybridized carbons (Fsp3) is 0.444. The van der Waals surface area contributed by atoms with Crippen LogP contribution in [0.2, 0.25) is 0 Å². The number of urea groups is 1. The highest BCUT2D eigenvalue weighted by atomic mass is 16.5. The lowest BCUT2D eigenvalue weighted by Crippen LogP contribution is -2.48. The Labute approximate surface area is 148 Å². The zero-order valence-electron chi connectivity index (χ0n) is 14.5. The number of nitrogens with one attached hydrogen (secondary N) is 2. The Kier molecular flexibility index (Phi) is 5.77. The molecule has 0 aliphatic carbocycles. The van der Waals surface area contributed by atoms with Gasteiger partial charge in [-0.15, -0.1) is 0 Å². The second-order valence-corrected chi connectivity index (χ2v) is 6.13. The van der Waals surface area contributed by atoms with Gasteiger partial charge in [0.25, 0.3) is 0 Å². The summed E-state index contributed by atoms with van der Waals surface area (Å²) in [5, 5.41) is 5.96. The minimum Gasteiger partial charge on any atom is -0.495 e. The maximum absolute atomic E-state index is 12.0. The van der Waals surface area contributed by atoms with Gasteiger partial charge in [-0.05, 0) is 25.0 Å². The number of carbonyl (C=O) groups excluding carboxylic acids is 1. The normalized spacial score (nSPS) is 15.0. The van der Waals surface area contributed by atoms with E-state index in [1.807, 2.05) is 29.0 Å². The Hall–Kier alpha value is -2.70. The van der Waals surface area contributed by atoms with Crippen molar-refractivity contribution in [3.63, 3.8) is 0 Å². The highest BCUT2D eigenvalue weighted by Crippen LogP contribution is 2.29. The van der Waals surface area contributed by atoms with Crippen molar-refractivity contribution in [3.8, 4) is 5.75 Å². The summed E-state index contributed by atoms with van der Waals surface area (Å²) in [5.41, 5.74) is 1.12. The lowest BCUT2D eigenvalue weighted by molar-refractivity contribution is 0.234. The molecule has 2 heterocycles. The van der Waals surface area contributed by atoms with Crippen molar-refractivity contribution >= 4 is 11.7 Å². The zero-order valence-corrected chi connectivity index (χ0v) is 14.5. The Morgan fingerprint density at radius 3 is 2.84 bits per heavy atom. The first kappa shape index (κ1) is 17.1. The molecule has 134 valence electrons. The van der Waals surface area contributed by atoms with Crippen LogP contribution in [-0.4, -0.2) is 48.4 Å². The predicted molar refractivity (Wildman–Crippen MR) is 97.0 cm³/mol. The number of aromatic nitrogens is 2. The maximum atomic E-state index is 12.0. The van der Waals surface area contributed by atoms with Crippen LogP contribution in [0, 0.1) is 0 Å². The van der Waals surface area contributed by atoms with E-state index in [2.05, 4.69) is 26.6 Å². The average Bonchev–Trinajstić information content (AvgIpc) is 3.16. The number of piperidine rings is 1. The van der Waals surface area contributed by atoms with Gasteiger partial charge in [-0.25, -0.2) is 9.78 Å². The van der Waals surface area contributed by atoms with Crippen molar-refractivity contribution in [3.05, 3.63) is 43.0 Å². The molecule has 1 aliphatic rings. The van der Waals surface area contributed by atoms with Crippen LogP contribution in [-0.2, 0) is 6.54 Å². The quantitative estimate of drug-likeness (QED) is 0.840. The van der Waals surface area contributed by atoms with E-state index in [0.29, 0.717) is 6.54 Å². The monoisotopic (exact) mass is 343 g/mol. The number of hydrogen-bond donors (Lipinski definition) is 2. The molecule has 0 atom stereocenters. The first-order valence-corrected chi connectivity index (χ1v) is 8.64. The highest BCUT2D eigenvalue weighted by Gasteiger charge is 2.22. The van der Waals surface area contributed by atoms with Gasteiger partial charge in [0.05, 0.1) is 19.1 Å². The van der Waals surface area contributed by atoms with Crippen LogP contribution in [0.25, 0.3) is 0 Å². The molecule has 2 aromatic rings. The van der Waals surface area contributed by atoms with Gasteiger partial charge in [0.15, 0.2) is 0 Å². The number of imidazole rings is 1. The largest absolute Gasteiger partial charge is 0.495 e. The number of hydrogen-bond acceptors (Lipinski definition) is 4. The Morgan fingerprint density at radius 2 is 2.12 bits per heavy atom. The third kappa shape index (κ3) is 4.65. The van der Waals surface area contributed by atoms with Gasteiger partial charge in [0.1, 0.15) is 5.75 Å². The smallest absolute Gasteiger partial charge is 0.315 e. The molecule has 2 N–H and O–H groups in total. The topological polar surface area (TPSA) is 71.4 Å². The number of anilines is 1. The summed E-state index contributed by atoms with van der Waals surface area (Å²) in [5.74, 6) is 0.895. The molecular weight excluding hydrogens is 318 g/mol. The Bertz CT molecular complexity index is 666. The number of rotatable bonds is 6. The van der Waals surface area contributed by atoms with Crippen LogP contribution in [0.3, 0.4) is 0 Å². The molecule has 0 saturated carbocycles. The molecule has 1 fully saturated rings. The lowest BCUT2D eigenvalue weighted by atomic mass is 10.0. The molecule has 0 unspecified atom stereocenters. The first-order valence-electron chi connectivity index (χ1n) is 8.64. The van der Waals surface area contributed by atoms with Gasteiger partial charge in [0.2, 0.25) is 0 Å². The molecule has 1 aliphatic heterocycles. The maximum Gasteiger partial charge on any atom is 0.315 e. The predicted octanol–water partition coefficient (Wildman–Crippen LogP) is 1.86. The van der Waals surface area contributed by atoms with E-state index < -0.39 is 0 Å². The number of ether oxygens (including phenoxy) is 1. The highest BCUT2D eigenvalue weighted by molar-refractivity contribution is 5.74. The van der Waals surface area contributed by atoms with Crippen molar-refractivity contribution in [2.75, 3.05) is 31.6 Å². The summed E-state index contributed by atoms with van der Waals surface area (Å²) >= 11 is 0. The number of nitrogens with zero attached hydrogens (tertiary/aromatic N) is 3. The van der Waals surface area contributed by atoms with E-state index in [-0.39, 0.29) is 12.1 Å². The van der Waals surface area contributed by atoms with E-state index >= 15 is 0 Å². The van der Waals surface area contributed by atoms with E-state index in [4.69, 9.17) is 4.74 Å². The van der Waals surface area contributed by atoms with Gasteiger partial charge in [-0.1, -0.05) is 12.1 Å². The zero-order chi connectivity index (χ0) is 17.5. The van der Waals surface area contributed by atoms with Gasteiger partial charge < -0.3 is 24.8 Å². The SMILES string of the molecule is COc1ccccc1N1CCC(NC(=O)NCCn2ccnc2)CC1. The molecule has 2 amide bonds. The van der Waals surface area contributed by atoms with Crippen molar-refractivity contribution in [1.82, 2.24) is 20.2 Å². The molecule has 3 rings (SSSR count). The van der Waals surface area contributed by atoms with Crippen LogP contribution < -0.4 is 20.3 Å². The number of amides is 2. The first-order chi connectivity index (χ1) is 12.3. The number of para-hydroxylation sites is 2. The average molecular weight is 343 g/mol. The fourth-order valence-corrected chi connectivity index (χ4v) is 3.11. The molecule has 1 saturated heterocycles. The number of methoxy groups -OCH3 is 1. The molecular formula is C18H25N5O2. The summed E-state index contributed by atoms with van der Waals surface area (Å²) in [6, 6.07) is 8.17. The summed E-state index contributed by atoms with van der Waals surface area (Å²) in [7, 11) is 1.70. The molecule has 1 aromatic carbocycles. The van der Waals surface area contributed by atoms with E-state index in [1.54, 1.807) is 19.6 Å². The van der Waals surface area contributed by atoms with E-state index in [1.165, 1.54) is 0 Å². The van der Waals surface area contributed by atoms with Gasteiger partial charge in [-0.3, -0.25) is 0 Å². The molecule has 0 spiro atoms. The minimum absolute atomic E-state index is 0.101. The summed E-state index contributed by atoms with van der Waals surface area (Å²) < 4.78 is 7.37. The number of benzene rings is 1. The second-order valence-electron chi connectivity index (χ2n) is 6.13. The third-order valence-corrected chi connectivity index (χ3v) is 4.47. The van der Waals surface area contributed by atoms with Gasteiger partial charge >= 0.3 is 6.03 Å². The van der Waals surface area contributed by atoms with Crippen LogP contribution in [0.4, 0.5) is 10.5 Å². The van der Waals surface area contributed by atoms with Crippen LogP contribution >= 0.6 is 0 Å². The van der Waals surface area contributed by atoms with Gasteiger partial charge in [0, 0.05) is 44.6 Å². The van der Waals surface area contributed by atoms with E-state index in [9.17, 15) is 4.79 Å². The summed E-state index contributed by atoms with van der Waals surface area (Å²) in [6.07, 6.45) is 7.20. The van der Waals surface area contributed by atoms with E-state index in [0.717, 1.165) is 43.9 Å². The second kappa shape index (κ2) is 8.41. The Morgan fingerprint density at radius 1 is 1.32 bits per heavy atom. The summed E-state index contributed by atoms with van der Waals surface area (Å²) in [6.45, 7) is 3.11. The van der Waals surface area contributed by atoms with Crippen molar-refractivity contribution in [2.45, 2.75) is 25.4 Å². The van der Waals surface area contributed by atoms with Gasteiger partial charge in [-0.2, -0.15) is 0 Å². The van der Waals surface area contributed by atoms with Crippen molar-refractivity contribution in [2.24, 2.45) is 0 Å². The van der Waals surface area contributed by atoms with Crippen LogP contribution in [0.5, 0.6) is 5.75 Å². The number of carbonyl (C=O) groups is 1. The molecule has 0 bridgehead atoms.